The van der Waals surface area contributed by atoms with Crippen LogP contribution >= 0.6 is 0 Å². The Kier molecular flexibility index (Phi) is 3.04. The molecule has 2 heteroatoms. The van der Waals surface area contributed by atoms with Crippen LogP contribution < -0.4 is 4.74 Å². The Morgan fingerprint density at radius 3 is 2.93 bits per heavy atom. The molecule has 1 fully saturated rings. The fourth-order valence-corrected chi connectivity index (χ4v) is 1.22. The summed E-state index contributed by atoms with van der Waals surface area (Å²) < 4.78 is 5.17. The second-order valence-corrected chi connectivity index (χ2v) is 3.49. The second kappa shape index (κ2) is 4.65. The Bertz CT molecular complexity index is 422. The minimum atomic E-state index is 0.620. The first kappa shape index (κ1) is 9.79. The summed E-state index contributed by atoms with van der Waals surface area (Å²) in [4.78, 5) is 4.25. The summed E-state index contributed by atoms with van der Waals surface area (Å²) in [5.74, 6) is 7.47. The topological polar surface area (TPSA) is 21.6 Å². The van der Waals surface area contributed by atoms with Gasteiger partial charge in [0.1, 0.15) is 11.4 Å². The lowest BCUT2D eigenvalue weighted by atomic mass is 10.3. The molecule has 0 heterocycles. The molecule has 1 aliphatic carbocycles. The molecule has 0 radical (unpaired) electrons. The Balaban J connectivity index is 2.06. The first-order chi connectivity index (χ1) is 7.40. The van der Waals surface area contributed by atoms with E-state index in [4.69, 9.17) is 4.74 Å². The highest BCUT2D eigenvalue weighted by Crippen LogP contribution is 2.27. The smallest absolute Gasteiger partial charge is 0.144 e. The normalized spacial score (nSPS) is 14.7. The number of nitrogens with zero attached hydrogens (tertiary/aromatic N) is 1. The van der Waals surface area contributed by atoms with Gasteiger partial charge in [0.05, 0.1) is 13.3 Å². The van der Waals surface area contributed by atoms with Crippen LogP contribution in [-0.2, 0) is 0 Å². The summed E-state index contributed by atoms with van der Waals surface area (Å²) in [6.45, 7) is 0. The van der Waals surface area contributed by atoms with E-state index in [-0.39, 0.29) is 0 Å². The molecule has 1 aromatic carbocycles. The number of ether oxygens (including phenoxy) is 1. The van der Waals surface area contributed by atoms with E-state index in [0.29, 0.717) is 5.92 Å². The highest BCUT2D eigenvalue weighted by molar-refractivity contribution is 5.81. The van der Waals surface area contributed by atoms with Crippen molar-refractivity contribution in [2.75, 3.05) is 7.11 Å². The van der Waals surface area contributed by atoms with Crippen molar-refractivity contribution in [3.05, 3.63) is 24.3 Å². The summed E-state index contributed by atoms with van der Waals surface area (Å²) in [6, 6.07) is 7.66. The van der Waals surface area contributed by atoms with Crippen LogP contribution in [0, 0.1) is 17.8 Å². The number of rotatable bonds is 2. The van der Waals surface area contributed by atoms with Crippen molar-refractivity contribution in [2.45, 2.75) is 12.8 Å². The molecule has 0 N–H and O–H groups in total. The predicted molar refractivity (Wildman–Crippen MR) is 61.6 cm³/mol. The Morgan fingerprint density at radius 1 is 1.40 bits per heavy atom. The molecule has 0 aromatic heterocycles. The molecule has 0 atom stereocenters. The minimum Gasteiger partial charge on any atom is -0.494 e. The number of hydrogen-bond acceptors (Lipinski definition) is 2. The molecule has 1 aliphatic rings. The van der Waals surface area contributed by atoms with Crippen LogP contribution in [0.2, 0.25) is 0 Å². The van der Waals surface area contributed by atoms with E-state index in [9.17, 15) is 0 Å². The van der Waals surface area contributed by atoms with E-state index in [1.807, 2.05) is 24.3 Å². The lowest BCUT2D eigenvalue weighted by molar-refractivity contribution is 0.416. The monoisotopic (exact) mass is 199 g/mol. The molecule has 2 rings (SSSR count). The maximum absolute atomic E-state index is 5.17. The fraction of sp³-hybridized carbons (Fsp3) is 0.308. The standard InChI is InChI=1S/C13H13NO/c1-15-13-7-3-2-6-12(13)14-10-4-5-11-8-9-11/h2-3,6-7,10-11H,8-9H2,1H3. The lowest BCUT2D eigenvalue weighted by Crippen LogP contribution is -1.82. The summed E-state index contributed by atoms with van der Waals surface area (Å²) >= 11 is 0. The third-order valence-electron chi connectivity index (χ3n) is 2.22. The molecule has 0 aliphatic heterocycles. The Morgan fingerprint density at radius 2 is 2.20 bits per heavy atom. The van der Waals surface area contributed by atoms with Gasteiger partial charge in [-0.3, -0.25) is 0 Å². The zero-order valence-corrected chi connectivity index (χ0v) is 8.73. The molecular formula is C13H13NO. The molecular weight excluding hydrogens is 186 g/mol. The van der Waals surface area contributed by atoms with Crippen molar-refractivity contribution in [3.63, 3.8) is 0 Å². The highest BCUT2D eigenvalue weighted by Gasteiger charge is 2.17. The first-order valence-electron chi connectivity index (χ1n) is 5.07. The molecule has 1 aromatic rings. The van der Waals surface area contributed by atoms with E-state index in [2.05, 4.69) is 16.8 Å². The summed E-state index contributed by atoms with van der Waals surface area (Å²) in [5.41, 5.74) is 0.824. The molecule has 15 heavy (non-hydrogen) atoms. The largest absolute Gasteiger partial charge is 0.494 e. The third-order valence-corrected chi connectivity index (χ3v) is 2.22. The van der Waals surface area contributed by atoms with Crippen LogP contribution in [0.25, 0.3) is 0 Å². The quantitative estimate of drug-likeness (QED) is 0.530. The maximum Gasteiger partial charge on any atom is 0.144 e. The van der Waals surface area contributed by atoms with Crippen molar-refractivity contribution >= 4 is 11.9 Å². The van der Waals surface area contributed by atoms with Gasteiger partial charge in [-0.1, -0.05) is 24.0 Å². The molecule has 0 unspecified atom stereocenters. The van der Waals surface area contributed by atoms with Crippen molar-refractivity contribution < 1.29 is 4.74 Å². The third kappa shape index (κ3) is 2.85. The number of aliphatic imine (C=N–C) groups is 1. The first-order valence-corrected chi connectivity index (χ1v) is 5.07. The van der Waals surface area contributed by atoms with Gasteiger partial charge in [0, 0.05) is 5.92 Å². The summed E-state index contributed by atoms with van der Waals surface area (Å²) in [5, 5.41) is 0. The number of methoxy groups -OCH3 is 1. The van der Waals surface area contributed by atoms with Gasteiger partial charge in [-0.05, 0) is 25.0 Å². The summed E-state index contributed by atoms with van der Waals surface area (Å²) in [7, 11) is 1.64. The molecule has 0 amide bonds. The van der Waals surface area contributed by atoms with Gasteiger partial charge in [-0.15, -0.1) is 0 Å². The van der Waals surface area contributed by atoms with E-state index in [1.54, 1.807) is 13.3 Å². The average molecular weight is 199 g/mol. The number of hydrogen-bond donors (Lipinski definition) is 0. The highest BCUT2D eigenvalue weighted by atomic mass is 16.5. The van der Waals surface area contributed by atoms with E-state index in [1.165, 1.54) is 12.8 Å². The number of benzene rings is 1. The van der Waals surface area contributed by atoms with E-state index >= 15 is 0 Å². The minimum absolute atomic E-state index is 0.620. The van der Waals surface area contributed by atoms with E-state index < -0.39 is 0 Å². The van der Waals surface area contributed by atoms with Crippen LogP contribution in [-0.4, -0.2) is 13.3 Å². The van der Waals surface area contributed by atoms with Crippen molar-refractivity contribution in [2.24, 2.45) is 10.9 Å². The van der Waals surface area contributed by atoms with Crippen LogP contribution in [0.3, 0.4) is 0 Å². The van der Waals surface area contributed by atoms with Crippen molar-refractivity contribution in [3.8, 4) is 17.6 Å². The van der Waals surface area contributed by atoms with Crippen LogP contribution in [0.15, 0.2) is 29.3 Å². The Hall–Kier alpha value is -1.75. The second-order valence-electron chi connectivity index (χ2n) is 3.49. The molecule has 0 bridgehead atoms. The number of para-hydroxylation sites is 2. The van der Waals surface area contributed by atoms with Gasteiger partial charge >= 0.3 is 0 Å². The van der Waals surface area contributed by atoms with Gasteiger partial charge in [0.25, 0.3) is 0 Å². The zero-order valence-electron chi connectivity index (χ0n) is 8.73. The Labute approximate surface area is 90.0 Å². The molecule has 2 nitrogen and oxygen atoms in total. The zero-order chi connectivity index (χ0) is 10.5. The SMILES string of the molecule is COc1ccccc1N=CC#CC1CC1. The van der Waals surface area contributed by atoms with Gasteiger partial charge in [0.15, 0.2) is 0 Å². The van der Waals surface area contributed by atoms with Crippen LogP contribution in [0.5, 0.6) is 5.75 Å². The van der Waals surface area contributed by atoms with Gasteiger partial charge in [0.2, 0.25) is 0 Å². The average Bonchev–Trinajstić information content (AvgIpc) is 3.09. The lowest BCUT2D eigenvalue weighted by Gasteiger charge is -2.01. The van der Waals surface area contributed by atoms with Crippen LogP contribution in [0.4, 0.5) is 5.69 Å². The van der Waals surface area contributed by atoms with Gasteiger partial charge < -0.3 is 4.74 Å². The van der Waals surface area contributed by atoms with E-state index in [0.717, 1.165) is 11.4 Å². The van der Waals surface area contributed by atoms with Gasteiger partial charge in [-0.2, -0.15) is 0 Å². The molecule has 0 spiro atoms. The van der Waals surface area contributed by atoms with Crippen LogP contribution in [0.1, 0.15) is 12.8 Å². The molecule has 0 saturated heterocycles. The van der Waals surface area contributed by atoms with Gasteiger partial charge in [-0.25, -0.2) is 4.99 Å². The van der Waals surface area contributed by atoms with Crippen molar-refractivity contribution in [1.29, 1.82) is 0 Å². The summed E-state index contributed by atoms with van der Waals surface area (Å²) in [6.07, 6.45) is 4.14. The fourth-order valence-electron chi connectivity index (χ4n) is 1.22. The molecule has 76 valence electrons. The van der Waals surface area contributed by atoms with Crippen molar-refractivity contribution in [1.82, 2.24) is 0 Å². The molecule has 1 saturated carbocycles. The maximum atomic E-state index is 5.17. The predicted octanol–water partition coefficient (Wildman–Crippen LogP) is 2.81.